The molecular formula is C10H11F3O3. The number of rotatable bonds is 3. The summed E-state index contributed by atoms with van der Waals surface area (Å²) in [5.74, 6) is -1.01. The molecule has 0 bridgehead atoms. The summed E-state index contributed by atoms with van der Waals surface area (Å²) in [6.07, 6.45) is -3.87. The van der Waals surface area contributed by atoms with Gasteiger partial charge in [-0.05, 0) is 6.92 Å². The third-order valence-corrected chi connectivity index (χ3v) is 1.97. The molecule has 1 heterocycles. The Morgan fingerprint density at radius 1 is 1.44 bits per heavy atom. The molecule has 1 aromatic heterocycles. The molecule has 0 amide bonds. The topological polar surface area (TPSA) is 39.4 Å². The molecule has 0 spiro atoms. The Bertz CT molecular complexity index is 379. The second-order valence-corrected chi connectivity index (χ2v) is 3.02. The normalized spacial score (nSPS) is 11.6. The van der Waals surface area contributed by atoms with Crippen molar-refractivity contribution in [3.63, 3.8) is 0 Å². The molecule has 0 fully saturated rings. The van der Waals surface area contributed by atoms with Gasteiger partial charge in [0.05, 0.1) is 6.61 Å². The van der Waals surface area contributed by atoms with Crippen LogP contribution in [0, 0.1) is 0 Å². The van der Waals surface area contributed by atoms with Crippen LogP contribution in [0.25, 0.3) is 0 Å². The summed E-state index contributed by atoms with van der Waals surface area (Å²) < 4.78 is 46.9. The highest BCUT2D eigenvalue weighted by Gasteiger charge is 2.39. The lowest BCUT2D eigenvalue weighted by molar-refractivity contribution is -0.138. The molecule has 16 heavy (non-hydrogen) atoms. The smallest absolute Gasteiger partial charge is 0.420 e. The van der Waals surface area contributed by atoms with Crippen molar-refractivity contribution < 1.29 is 27.1 Å². The third kappa shape index (κ3) is 2.37. The number of aryl methyl sites for hydroxylation is 1. The zero-order valence-corrected chi connectivity index (χ0v) is 8.85. The van der Waals surface area contributed by atoms with Gasteiger partial charge < -0.3 is 9.15 Å². The maximum atomic E-state index is 12.5. The average Bonchev–Trinajstić information content (AvgIpc) is 2.60. The minimum atomic E-state index is -4.61. The van der Waals surface area contributed by atoms with Gasteiger partial charge in [0, 0.05) is 6.42 Å². The van der Waals surface area contributed by atoms with Crippen LogP contribution in [0.2, 0.25) is 0 Å². The first kappa shape index (κ1) is 12.6. The van der Waals surface area contributed by atoms with E-state index in [-0.39, 0.29) is 18.8 Å². The van der Waals surface area contributed by atoms with E-state index in [0.29, 0.717) is 6.26 Å². The SMILES string of the molecule is CCOC(=O)c1c(C(F)(F)F)coc1CC. The second kappa shape index (κ2) is 4.59. The van der Waals surface area contributed by atoms with Gasteiger partial charge in [0.25, 0.3) is 0 Å². The number of halogens is 3. The molecule has 0 unspecified atom stereocenters. The van der Waals surface area contributed by atoms with Crippen molar-refractivity contribution in [3.05, 3.63) is 23.2 Å². The molecule has 0 aromatic carbocycles. The Morgan fingerprint density at radius 2 is 2.06 bits per heavy atom. The van der Waals surface area contributed by atoms with Crippen LogP contribution in [0.1, 0.15) is 35.5 Å². The van der Waals surface area contributed by atoms with Crippen molar-refractivity contribution in [2.75, 3.05) is 6.61 Å². The van der Waals surface area contributed by atoms with E-state index in [1.165, 1.54) is 6.92 Å². The number of furan rings is 1. The van der Waals surface area contributed by atoms with Gasteiger partial charge in [-0.25, -0.2) is 4.79 Å². The zero-order chi connectivity index (χ0) is 12.3. The largest absolute Gasteiger partial charge is 0.468 e. The third-order valence-electron chi connectivity index (χ3n) is 1.97. The highest BCUT2D eigenvalue weighted by molar-refractivity contribution is 5.92. The zero-order valence-electron chi connectivity index (χ0n) is 8.85. The molecule has 0 aliphatic rings. The second-order valence-electron chi connectivity index (χ2n) is 3.02. The highest BCUT2D eigenvalue weighted by Crippen LogP contribution is 2.35. The van der Waals surface area contributed by atoms with Crippen molar-refractivity contribution in [2.24, 2.45) is 0 Å². The van der Waals surface area contributed by atoms with E-state index in [0.717, 1.165) is 0 Å². The molecule has 6 heteroatoms. The van der Waals surface area contributed by atoms with Crippen molar-refractivity contribution in [2.45, 2.75) is 26.4 Å². The number of esters is 1. The Balaban J connectivity index is 3.21. The number of carbonyl (C=O) groups excluding carboxylic acids is 1. The fourth-order valence-corrected chi connectivity index (χ4v) is 1.29. The number of hydrogen-bond acceptors (Lipinski definition) is 3. The molecule has 0 atom stereocenters. The van der Waals surface area contributed by atoms with Crippen LogP contribution in [0.15, 0.2) is 10.7 Å². The number of carbonyl (C=O) groups is 1. The Hall–Kier alpha value is -1.46. The van der Waals surface area contributed by atoms with Crippen LogP contribution in [-0.2, 0) is 17.3 Å². The van der Waals surface area contributed by atoms with E-state index in [9.17, 15) is 18.0 Å². The maximum Gasteiger partial charge on any atom is 0.420 e. The van der Waals surface area contributed by atoms with Crippen LogP contribution in [0.5, 0.6) is 0 Å². The van der Waals surface area contributed by atoms with Crippen LogP contribution < -0.4 is 0 Å². The molecule has 0 N–H and O–H groups in total. The summed E-state index contributed by atoms with van der Waals surface area (Å²) in [6, 6.07) is 0. The quantitative estimate of drug-likeness (QED) is 0.757. The number of ether oxygens (including phenoxy) is 1. The minimum absolute atomic E-state index is 0.00854. The van der Waals surface area contributed by atoms with Crippen molar-refractivity contribution >= 4 is 5.97 Å². The van der Waals surface area contributed by atoms with E-state index in [1.54, 1.807) is 6.92 Å². The lowest BCUT2D eigenvalue weighted by Crippen LogP contribution is -2.14. The van der Waals surface area contributed by atoms with Gasteiger partial charge in [-0.3, -0.25) is 0 Å². The molecular weight excluding hydrogens is 225 g/mol. The van der Waals surface area contributed by atoms with Gasteiger partial charge in [-0.2, -0.15) is 13.2 Å². The molecule has 3 nitrogen and oxygen atoms in total. The Labute approximate surface area is 90.2 Å². The van der Waals surface area contributed by atoms with Crippen molar-refractivity contribution in [3.8, 4) is 0 Å². The van der Waals surface area contributed by atoms with Gasteiger partial charge in [-0.1, -0.05) is 6.92 Å². The predicted octanol–water partition coefficient (Wildman–Crippen LogP) is 3.04. The van der Waals surface area contributed by atoms with Crippen LogP contribution >= 0.6 is 0 Å². The van der Waals surface area contributed by atoms with E-state index >= 15 is 0 Å². The molecule has 0 saturated heterocycles. The minimum Gasteiger partial charge on any atom is -0.468 e. The molecule has 0 saturated carbocycles. The summed E-state index contributed by atoms with van der Waals surface area (Å²) in [5.41, 5.74) is -1.60. The van der Waals surface area contributed by atoms with Gasteiger partial charge in [0.15, 0.2) is 0 Å². The molecule has 1 rings (SSSR count). The average molecular weight is 236 g/mol. The fourth-order valence-electron chi connectivity index (χ4n) is 1.29. The van der Waals surface area contributed by atoms with Gasteiger partial charge in [0.1, 0.15) is 23.2 Å². The first-order valence-electron chi connectivity index (χ1n) is 4.76. The molecule has 0 aliphatic heterocycles. The predicted molar refractivity (Wildman–Crippen MR) is 49.0 cm³/mol. The van der Waals surface area contributed by atoms with E-state index in [4.69, 9.17) is 4.42 Å². The van der Waals surface area contributed by atoms with Crippen molar-refractivity contribution in [1.82, 2.24) is 0 Å². The standard InChI is InChI=1S/C10H11F3O3/c1-3-7-8(9(14)15-4-2)6(5-16-7)10(11,12)13/h5H,3-4H2,1-2H3. The molecule has 0 radical (unpaired) electrons. The summed E-state index contributed by atoms with van der Waals surface area (Å²) in [4.78, 5) is 11.4. The first-order valence-corrected chi connectivity index (χ1v) is 4.76. The van der Waals surface area contributed by atoms with Gasteiger partial charge >= 0.3 is 12.1 Å². The summed E-state index contributed by atoms with van der Waals surface area (Å²) >= 11 is 0. The summed E-state index contributed by atoms with van der Waals surface area (Å²) in [5, 5.41) is 0. The van der Waals surface area contributed by atoms with E-state index in [1.807, 2.05) is 0 Å². The fraction of sp³-hybridized carbons (Fsp3) is 0.500. The number of hydrogen-bond donors (Lipinski definition) is 0. The van der Waals surface area contributed by atoms with Gasteiger partial charge in [-0.15, -0.1) is 0 Å². The van der Waals surface area contributed by atoms with E-state index in [2.05, 4.69) is 4.74 Å². The van der Waals surface area contributed by atoms with Crippen LogP contribution in [-0.4, -0.2) is 12.6 Å². The van der Waals surface area contributed by atoms with Crippen molar-refractivity contribution in [1.29, 1.82) is 0 Å². The Morgan fingerprint density at radius 3 is 2.50 bits per heavy atom. The maximum absolute atomic E-state index is 12.5. The van der Waals surface area contributed by atoms with Gasteiger partial charge in [0.2, 0.25) is 0 Å². The Kier molecular flexibility index (Phi) is 3.62. The lowest BCUT2D eigenvalue weighted by atomic mass is 10.1. The highest BCUT2D eigenvalue weighted by atomic mass is 19.4. The lowest BCUT2D eigenvalue weighted by Gasteiger charge is -2.07. The molecule has 90 valence electrons. The van der Waals surface area contributed by atoms with Crippen LogP contribution in [0.3, 0.4) is 0 Å². The molecule has 1 aromatic rings. The molecule has 0 aliphatic carbocycles. The summed E-state index contributed by atoms with van der Waals surface area (Å²) in [6.45, 7) is 3.14. The van der Waals surface area contributed by atoms with Crippen LogP contribution in [0.4, 0.5) is 13.2 Å². The summed E-state index contributed by atoms with van der Waals surface area (Å²) in [7, 11) is 0. The monoisotopic (exact) mass is 236 g/mol. The van der Waals surface area contributed by atoms with E-state index < -0.39 is 23.3 Å². The number of alkyl halides is 3. The first-order chi connectivity index (χ1) is 7.41.